The number of aliphatic carboxylic acids is 2. The van der Waals surface area contributed by atoms with Gasteiger partial charge in [-0.15, -0.1) is 0 Å². The fraction of sp³-hybridized carbons (Fsp3) is 0.341. The van der Waals surface area contributed by atoms with Gasteiger partial charge in [0.15, 0.2) is 5.78 Å². The van der Waals surface area contributed by atoms with E-state index in [9.17, 15) is 14.4 Å². The van der Waals surface area contributed by atoms with E-state index in [-0.39, 0.29) is 17.6 Å². The van der Waals surface area contributed by atoms with Crippen molar-refractivity contribution in [2.45, 2.75) is 64.4 Å². The Morgan fingerprint density at radius 1 is 0.827 bits per heavy atom. The predicted octanol–water partition coefficient (Wildman–Crippen LogP) is 8.44. The van der Waals surface area contributed by atoms with Crippen LogP contribution in [-0.4, -0.2) is 60.0 Å². The zero-order chi connectivity index (χ0) is 37.5. The number of carbonyl (C=O) groups is 3. The van der Waals surface area contributed by atoms with Crippen molar-refractivity contribution >= 4 is 23.3 Å². The van der Waals surface area contributed by atoms with Gasteiger partial charge < -0.3 is 25.6 Å². The maximum absolute atomic E-state index is 12.2. The molecule has 1 aliphatic heterocycles. The van der Waals surface area contributed by atoms with Crippen molar-refractivity contribution in [3.8, 4) is 5.75 Å². The van der Waals surface area contributed by atoms with Gasteiger partial charge in [-0.2, -0.15) is 0 Å². The minimum absolute atomic E-state index is 0.0793. The number of ketones is 1. The first kappa shape index (κ1) is 39.7. The number of nitrogens with two attached hydrogens (primary N) is 1. The fourth-order valence-electron chi connectivity index (χ4n) is 6.64. The Bertz CT molecular complexity index is 1760. The number of hydrogen-bond acceptors (Lipinski definition) is 6. The predicted molar refractivity (Wildman–Crippen MR) is 207 cm³/mol. The second-order valence-electron chi connectivity index (χ2n) is 13.9. The van der Waals surface area contributed by atoms with Gasteiger partial charge in [0.05, 0.1) is 12.3 Å². The number of benzene rings is 4. The maximum atomic E-state index is 12.2. The molecule has 8 nitrogen and oxygen atoms in total. The molecule has 1 aliphatic carbocycles. The highest BCUT2D eigenvalue weighted by Gasteiger charge is 2.32. The summed E-state index contributed by atoms with van der Waals surface area (Å²) in [7, 11) is 4.22. The zero-order valence-corrected chi connectivity index (χ0v) is 30.6. The van der Waals surface area contributed by atoms with Crippen molar-refractivity contribution in [3.05, 3.63) is 143 Å². The lowest BCUT2D eigenvalue weighted by Crippen LogP contribution is -2.34. The van der Waals surface area contributed by atoms with E-state index in [2.05, 4.69) is 67.5 Å². The lowest BCUT2D eigenvalue weighted by Gasteiger charge is -2.34. The quantitative estimate of drug-likeness (QED) is 0.140. The first-order chi connectivity index (χ1) is 25.0. The van der Waals surface area contributed by atoms with Crippen LogP contribution in [0, 0.1) is 5.41 Å². The van der Waals surface area contributed by atoms with Crippen LogP contribution in [0.1, 0.15) is 96.0 Å². The van der Waals surface area contributed by atoms with Crippen molar-refractivity contribution in [2.24, 2.45) is 11.1 Å². The molecule has 0 amide bonds. The van der Waals surface area contributed by atoms with Crippen molar-refractivity contribution in [2.75, 3.05) is 27.2 Å². The SMILES string of the molecule is CC(C(=O)O)c1cccc(C(=O)c2ccccc2)c1.CN(C)CCC=C1c2ccccc2COc2ccccc21.NCC1(CC(=O)O)CCCCC1. The molecule has 6 rings (SSSR count). The summed E-state index contributed by atoms with van der Waals surface area (Å²) in [6.45, 7) is 3.82. The number of nitrogens with zero attached hydrogens (tertiary/aromatic N) is 1. The van der Waals surface area contributed by atoms with Crippen LogP contribution in [0.4, 0.5) is 0 Å². The number of para-hydroxylation sites is 1. The molecule has 0 spiro atoms. The summed E-state index contributed by atoms with van der Waals surface area (Å²) < 4.78 is 5.98. The molecular formula is C44H52N2O6. The Labute approximate surface area is 307 Å². The fourth-order valence-corrected chi connectivity index (χ4v) is 6.64. The molecule has 0 saturated heterocycles. The zero-order valence-electron chi connectivity index (χ0n) is 30.6. The third-order valence-electron chi connectivity index (χ3n) is 9.72. The molecule has 1 saturated carbocycles. The van der Waals surface area contributed by atoms with Crippen LogP contribution < -0.4 is 10.5 Å². The highest BCUT2D eigenvalue weighted by Crippen LogP contribution is 2.38. The molecule has 2 aliphatic rings. The van der Waals surface area contributed by atoms with Gasteiger partial charge in [-0.1, -0.05) is 116 Å². The van der Waals surface area contributed by atoms with Crippen LogP contribution in [0.3, 0.4) is 0 Å². The topological polar surface area (TPSA) is 130 Å². The average molecular weight is 705 g/mol. The molecule has 0 aromatic heterocycles. The third-order valence-corrected chi connectivity index (χ3v) is 9.72. The smallest absolute Gasteiger partial charge is 0.310 e. The Morgan fingerprint density at radius 2 is 1.46 bits per heavy atom. The lowest BCUT2D eigenvalue weighted by molar-refractivity contribution is -0.140. The minimum atomic E-state index is -0.899. The van der Waals surface area contributed by atoms with Crippen molar-refractivity contribution in [1.29, 1.82) is 0 Å². The second kappa shape index (κ2) is 19.5. The van der Waals surface area contributed by atoms with Gasteiger partial charge in [-0.3, -0.25) is 14.4 Å². The second-order valence-corrected chi connectivity index (χ2v) is 13.9. The third kappa shape index (κ3) is 11.2. The number of fused-ring (bicyclic) bond motifs is 2. The van der Waals surface area contributed by atoms with E-state index >= 15 is 0 Å². The molecule has 1 heterocycles. The van der Waals surface area contributed by atoms with Crippen LogP contribution in [-0.2, 0) is 16.2 Å². The molecule has 8 heteroatoms. The minimum Gasteiger partial charge on any atom is -0.488 e. The highest BCUT2D eigenvalue weighted by molar-refractivity contribution is 6.09. The summed E-state index contributed by atoms with van der Waals surface area (Å²) in [6, 6.07) is 32.6. The van der Waals surface area contributed by atoms with E-state index in [1.165, 1.54) is 28.7 Å². The van der Waals surface area contributed by atoms with Gasteiger partial charge in [-0.25, -0.2) is 0 Å². The lowest BCUT2D eigenvalue weighted by atomic mass is 9.72. The maximum Gasteiger partial charge on any atom is 0.310 e. The van der Waals surface area contributed by atoms with Gasteiger partial charge in [0.1, 0.15) is 12.4 Å². The van der Waals surface area contributed by atoms with E-state index in [1.807, 2.05) is 12.1 Å². The molecule has 0 bridgehead atoms. The van der Waals surface area contributed by atoms with E-state index in [0.29, 0.717) is 29.8 Å². The normalized spacial score (nSPS) is 15.6. The molecule has 52 heavy (non-hydrogen) atoms. The average Bonchev–Trinajstić information content (AvgIpc) is 3.32. The first-order valence-corrected chi connectivity index (χ1v) is 18.0. The number of rotatable bonds is 10. The monoisotopic (exact) mass is 704 g/mol. The summed E-state index contributed by atoms with van der Waals surface area (Å²) in [6.07, 6.45) is 9.14. The number of carboxylic acids is 2. The molecule has 1 unspecified atom stereocenters. The van der Waals surface area contributed by atoms with Crippen LogP contribution >= 0.6 is 0 Å². The Balaban J connectivity index is 0.000000181. The van der Waals surface area contributed by atoms with Crippen LogP contribution in [0.2, 0.25) is 0 Å². The number of hydrogen-bond donors (Lipinski definition) is 3. The summed E-state index contributed by atoms with van der Waals surface area (Å²) in [4.78, 5) is 36.0. The summed E-state index contributed by atoms with van der Waals surface area (Å²) >= 11 is 0. The molecule has 1 fully saturated rings. The summed E-state index contributed by atoms with van der Waals surface area (Å²) in [5.74, 6) is -1.35. The first-order valence-electron chi connectivity index (χ1n) is 18.0. The van der Waals surface area contributed by atoms with Crippen LogP contribution in [0.5, 0.6) is 5.75 Å². The van der Waals surface area contributed by atoms with Crippen LogP contribution in [0.15, 0.2) is 109 Å². The largest absolute Gasteiger partial charge is 0.488 e. The highest BCUT2D eigenvalue weighted by atomic mass is 16.5. The molecule has 0 radical (unpaired) electrons. The molecule has 274 valence electrons. The summed E-state index contributed by atoms with van der Waals surface area (Å²) in [5.41, 5.74) is 12.3. The van der Waals surface area contributed by atoms with E-state index < -0.39 is 17.9 Å². The standard InChI is InChI=1S/C19H21NO.C16H14O3.C9H17NO2/c1-20(2)13-7-11-17-16-9-4-3-8-15(16)14-21-19-12-6-5-10-18(17)19;1-11(16(18)19)13-8-5-9-14(10-13)15(17)12-6-3-2-4-7-12;10-7-9(6-8(11)12)4-2-1-3-5-9/h3-6,8-12H,7,13-14H2,1-2H3;2-11H,1H3,(H,18,19);1-7,10H2,(H,11,12). The Kier molecular flexibility index (Phi) is 14.9. The van der Waals surface area contributed by atoms with Gasteiger partial charge in [0, 0.05) is 23.2 Å². The van der Waals surface area contributed by atoms with Crippen molar-refractivity contribution in [3.63, 3.8) is 0 Å². The van der Waals surface area contributed by atoms with Crippen molar-refractivity contribution < 1.29 is 29.3 Å². The number of carboxylic acid groups (broad SMARTS) is 2. The summed E-state index contributed by atoms with van der Waals surface area (Å²) in [5, 5.41) is 17.7. The molecule has 4 N–H and O–H groups in total. The van der Waals surface area contributed by atoms with E-state index in [1.54, 1.807) is 55.5 Å². The van der Waals surface area contributed by atoms with Gasteiger partial charge in [0.25, 0.3) is 0 Å². The van der Waals surface area contributed by atoms with Gasteiger partial charge >= 0.3 is 11.9 Å². The van der Waals surface area contributed by atoms with Gasteiger partial charge in [-0.05, 0) is 86.6 Å². The molecular weight excluding hydrogens is 652 g/mol. The van der Waals surface area contributed by atoms with E-state index in [0.717, 1.165) is 44.4 Å². The molecule has 1 atom stereocenters. The van der Waals surface area contributed by atoms with Crippen LogP contribution in [0.25, 0.3) is 5.57 Å². The Morgan fingerprint density at radius 3 is 2.12 bits per heavy atom. The number of carbonyl (C=O) groups excluding carboxylic acids is 1. The van der Waals surface area contributed by atoms with E-state index in [4.69, 9.17) is 20.7 Å². The molecule has 4 aromatic rings. The number of ether oxygens (including phenoxy) is 1. The van der Waals surface area contributed by atoms with Crippen molar-refractivity contribution in [1.82, 2.24) is 4.90 Å². The van der Waals surface area contributed by atoms with Gasteiger partial charge in [0.2, 0.25) is 0 Å². The Hall–Kier alpha value is -5.05. The molecule has 4 aromatic carbocycles.